The van der Waals surface area contributed by atoms with Crippen LogP contribution < -0.4 is 10.6 Å². The Balaban J connectivity index is 0.00000484. The number of nitrogens with zero attached hydrogens (tertiary/aromatic N) is 2. The number of carbonyl (C=O) groups is 1. The van der Waals surface area contributed by atoms with Gasteiger partial charge in [-0.25, -0.2) is 8.42 Å². The number of hydrogen-bond acceptors (Lipinski definition) is 4. The van der Waals surface area contributed by atoms with Crippen molar-refractivity contribution in [2.45, 2.75) is 38.6 Å². The summed E-state index contributed by atoms with van der Waals surface area (Å²) in [6.07, 6.45) is 5.06. The summed E-state index contributed by atoms with van der Waals surface area (Å²) in [5.41, 5.74) is 0. The Morgan fingerprint density at radius 1 is 1.26 bits per heavy atom. The van der Waals surface area contributed by atoms with E-state index in [-0.39, 0.29) is 48.2 Å². The first-order valence-corrected chi connectivity index (χ1v) is 9.80. The Kier molecular flexibility index (Phi) is 10.8. The molecule has 136 valence electrons. The first-order chi connectivity index (χ1) is 10.3. The zero-order valence-electron chi connectivity index (χ0n) is 14.2. The minimum absolute atomic E-state index is 0. The van der Waals surface area contributed by atoms with Crippen LogP contribution in [0.4, 0.5) is 0 Å². The number of aliphatic imine (C=N–C) groups is 1. The highest BCUT2D eigenvalue weighted by atomic mass is 127. The van der Waals surface area contributed by atoms with Gasteiger partial charge < -0.3 is 15.5 Å². The van der Waals surface area contributed by atoms with Crippen molar-refractivity contribution < 1.29 is 13.2 Å². The van der Waals surface area contributed by atoms with Gasteiger partial charge in [-0.05, 0) is 32.6 Å². The smallest absolute Gasteiger partial charge is 0.241 e. The van der Waals surface area contributed by atoms with E-state index in [0.717, 1.165) is 25.9 Å². The zero-order chi connectivity index (χ0) is 16.6. The molecule has 23 heavy (non-hydrogen) atoms. The minimum atomic E-state index is -2.96. The van der Waals surface area contributed by atoms with E-state index in [9.17, 15) is 13.2 Å². The second-order valence-electron chi connectivity index (χ2n) is 5.83. The predicted molar refractivity (Wildman–Crippen MR) is 104 cm³/mol. The number of carbonyl (C=O) groups excluding carboxylic acids is 1. The number of guanidine groups is 1. The van der Waals surface area contributed by atoms with Gasteiger partial charge in [0.1, 0.15) is 9.84 Å². The Labute approximate surface area is 156 Å². The molecule has 0 aliphatic carbocycles. The van der Waals surface area contributed by atoms with Crippen LogP contribution >= 0.6 is 24.0 Å². The molecule has 0 radical (unpaired) electrons. The molecule has 0 aromatic heterocycles. The van der Waals surface area contributed by atoms with Crippen LogP contribution in [0.3, 0.4) is 0 Å². The molecule has 1 heterocycles. The maximum atomic E-state index is 12.1. The van der Waals surface area contributed by atoms with E-state index in [1.54, 1.807) is 7.05 Å². The summed E-state index contributed by atoms with van der Waals surface area (Å²) in [5, 5.41) is 6.09. The number of halogens is 1. The van der Waals surface area contributed by atoms with Crippen molar-refractivity contribution >= 4 is 45.7 Å². The molecular weight excluding hydrogens is 431 g/mol. The molecule has 9 heteroatoms. The van der Waals surface area contributed by atoms with E-state index >= 15 is 0 Å². The molecule has 1 atom stereocenters. The van der Waals surface area contributed by atoms with Gasteiger partial charge in [0, 0.05) is 32.4 Å². The third-order valence-corrected chi connectivity index (χ3v) is 4.62. The normalized spacial score (nSPS) is 17.2. The van der Waals surface area contributed by atoms with Gasteiger partial charge >= 0.3 is 0 Å². The van der Waals surface area contributed by atoms with Gasteiger partial charge in [-0.3, -0.25) is 9.79 Å². The quantitative estimate of drug-likeness (QED) is 0.344. The molecule has 1 fully saturated rings. The maximum absolute atomic E-state index is 12.1. The fourth-order valence-corrected chi connectivity index (χ4v) is 3.09. The van der Waals surface area contributed by atoms with Crippen LogP contribution in [-0.4, -0.2) is 69.9 Å². The van der Waals surface area contributed by atoms with Crippen molar-refractivity contribution in [3.05, 3.63) is 0 Å². The average molecular weight is 460 g/mol. The van der Waals surface area contributed by atoms with Gasteiger partial charge in [0.15, 0.2) is 5.96 Å². The summed E-state index contributed by atoms with van der Waals surface area (Å²) >= 11 is 0. The summed E-state index contributed by atoms with van der Waals surface area (Å²) in [4.78, 5) is 18.0. The van der Waals surface area contributed by atoms with Crippen molar-refractivity contribution in [3.63, 3.8) is 0 Å². The Hall–Kier alpha value is -0.580. The lowest BCUT2D eigenvalue weighted by atomic mass is 10.1. The second kappa shape index (κ2) is 11.1. The summed E-state index contributed by atoms with van der Waals surface area (Å²) in [5.74, 6) is 0.725. The molecule has 1 saturated heterocycles. The van der Waals surface area contributed by atoms with E-state index < -0.39 is 9.84 Å². The minimum Gasteiger partial charge on any atom is -0.354 e. The monoisotopic (exact) mass is 460 g/mol. The first-order valence-electron chi connectivity index (χ1n) is 7.74. The fraction of sp³-hybridized carbons (Fsp3) is 0.857. The fourth-order valence-electron chi connectivity index (χ4n) is 2.31. The third-order valence-electron chi connectivity index (χ3n) is 3.64. The van der Waals surface area contributed by atoms with Crippen molar-refractivity contribution in [1.82, 2.24) is 15.5 Å². The van der Waals surface area contributed by atoms with Gasteiger partial charge in [0.05, 0.1) is 12.3 Å². The molecule has 1 aliphatic rings. The number of rotatable bonds is 6. The van der Waals surface area contributed by atoms with Crippen molar-refractivity contribution in [2.24, 2.45) is 4.99 Å². The van der Waals surface area contributed by atoms with E-state index in [4.69, 9.17) is 0 Å². The van der Waals surface area contributed by atoms with Crippen LogP contribution in [0.5, 0.6) is 0 Å². The van der Waals surface area contributed by atoms with E-state index in [1.165, 1.54) is 12.7 Å². The molecule has 0 aromatic rings. The first kappa shape index (κ1) is 22.4. The molecule has 1 amide bonds. The number of nitrogens with one attached hydrogen (secondary N) is 2. The number of sulfone groups is 1. The molecule has 1 rings (SSSR count). The van der Waals surface area contributed by atoms with Crippen LogP contribution in [-0.2, 0) is 14.6 Å². The van der Waals surface area contributed by atoms with Gasteiger partial charge in [0.2, 0.25) is 5.91 Å². The highest BCUT2D eigenvalue weighted by Gasteiger charge is 2.17. The average Bonchev–Trinajstić information content (AvgIpc) is 2.49. The van der Waals surface area contributed by atoms with Crippen LogP contribution in [0.2, 0.25) is 0 Å². The number of hydrogen-bond donors (Lipinski definition) is 2. The largest absolute Gasteiger partial charge is 0.354 e. The lowest BCUT2D eigenvalue weighted by Gasteiger charge is -2.27. The Morgan fingerprint density at radius 2 is 1.87 bits per heavy atom. The lowest BCUT2D eigenvalue weighted by molar-refractivity contribution is -0.130. The summed E-state index contributed by atoms with van der Waals surface area (Å²) in [6.45, 7) is 3.76. The van der Waals surface area contributed by atoms with E-state index in [1.807, 2.05) is 11.8 Å². The van der Waals surface area contributed by atoms with Crippen molar-refractivity contribution in [2.75, 3.05) is 38.7 Å². The van der Waals surface area contributed by atoms with E-state index in [0.29, 0.717) is 12.4 Å². The van der Waals surface area contributed by atoms with Gasteiger partial charge in [-0.15, -0.1) is 24.0 Å². The van der Waals surface area contributed by atoms with Crippen LogP contribution in [0, 0.1) is 0 Å². The molecule has 7 nitrogen and oxygen atoms in total. The Morgan fingerprint density at radius 3 is 2.39 bits per heavy atom. The molecule has 1 unspecified atom stereocenters. The summed E-state index contributed by atoms with van der Waals surface area (Å²) in [7, 11) is -1.33. The van der Waals surface area contributed by atoms with E-state index in [2.05, 4.69) is 15.6 Å². The molecule has 0 saturated carbocycles. The lowest BCUT2D eigenvalue weighted by Crippen LogP contribution is -2.48. The highest BCUT2D eigenvalue weighted by Crippen LogP contribution is 2.08. The second-order valence-corrected chi connectivity index (χ2v) is 8.09. The predicted octanol–water partition coefficient (Wildman–Crippen LogP) is 0.605. The number of piperidine rings is 1. The standard InChI is InChI=1S/C14H28N4O3S.HI/c1-12(7-10-22(3,20)21)17-14(15-2)16-11-13(19)18-8-5-4-6-9-18;/h12H,4-11H2,1-3H3,(H2,15,16,17);1H. The van der Waals surface area contributed by atoms with Crippen molar-refractivity contribution in [3.8, 4) is 0 Å². The third kappa shape index (κ3) is 10.0. The SMILES string of the molecule is CN=C(NCC(=O)N1CCCCC1)NC(C)CCS(C)(=O)=O.I. The van der Waals surface area contributed by atoms with Gasteiger partial charge in [-0.1, -0.05) is 0 Å². The van der Waals surface area contributed by atoms with Crippen LogP contribution in [0.1, 0.15) is 32.6 Å². The zero-order valence-corrected chi connectivity index (χ0v) is 17.3. The van der Waals surface area contributed by atoms with Crippen molar-refractivity contribution in [1.29, 1.82) is 0 Å². The summed E-state index contributed by atoms with van der Waals surface area (Å²) < 4.78 is 22.3. The number of likely N-dealkylation sites (tertiary alicyclic amines) is 1. The van der Waals surface area contributed by atoms with Crippen LogP contribution in [0.15, 0.2) is 4.99 Å². The van der Waals surface area contributed by atoms with Gasteiger partial charge in [-0.2, -0.15) is 0 Å². The highest BCUT2D eigenvalue weighted by molar-refractivity contribution is 14.0. The molecular formula is C14H29IN4O3S. The topological polar surface area (TPSA) is 90.9 Å². The molecule has 1 aliphatic heterocycles. The molecule has 0 bridgehead atoms. The molecule has 0 spiro atoms. The van der Waals surface area contributed by atoms with Crippen LogP contribution in [0.25, 0.3) is 0 Å². The van der Waals surface area contributed by atoms with Gasteiger partial charge in [0.25, 0.3) is 0 Å². The number of amides is 1. The molecule has 0 aromatic carbocycles. The Bertz CT molecular complexity index is 490. The maximum Gasteiger partial charge on any atom is 0.241 e. The summed E-state index contributed by atoms with van der Waals surface area (Å²) in [6, 6.07) is -0.0361. The molecule has 2 N–H and O–H groups in total.